The normalized spacial score (nSPS) is 10.4. The topological polar surface area (TPSA) is 74.6 Å². The molecule has 2 aromatic carbocycles. The molecular weight excluding hydrogens is 268 g/mol. The van der Waals surface area contributed by atoms with Crippen LogP contribution in [0.4, 0.5) is 0 Å². The van der Waals surface area contributed by atoms with E-state index in [0.717, 1.165) is 5.56 Å². The van der Waals surface area contributed by atoms with Crippen LogP contribution in [0.5, 0.6) is 0 Å². The van der Waals surface area contributed by atoms with E-state index >= 15 is 0 Å². The van der Waals surface area contributed by atoms with Crippen molar-refractivity contribution in [2.75, 3.05) is 0 Å². The van der Waals surface area contributed by atoms with Gasteiger partial charge in [-0.05, 0) is 36.1 Å². The van der Waals surface area contributed by atoms with Gasteiger partial charge in [0.15, 0.2) is 0 Å². The molecular formula is C17H16O4. The maximum absolute atomic E-state index is 11.6. The lowest BCUT2D eigenvalue weighted by Crippen LogP contribution is -2.10. The van der Waals surface area contributed by atoms with Gasteiger partial charge in [-0.15, -0.1) is 0 Å². The zero-order valence-corrected chi connectivity index (χ0v) is 11.9. The molecule has 0 saturated carbocycles. The first-order valence-electron chi connectivity index (χ1n) is 6.65. The average Bonchev–Trinajstić information content (AvgIpc) is 2.46. The lowest BCUT2D eigenvalue weighted by atomic mass is 9.88. The molecule has 4 heteroatoms. The van der Waals surface area contributed by atoms with Gasteiger partial charge in [0.2, 0.25) is 0 Å². The van der Waals surface area contributed by atoms with Gasteiger partial charge < -0.3 is 10.2 Å². The minimum Gasteiger partial charge on any atom is -0.478 e. The molecule has 0 aliphatic heterocycles. The fraction of sp³-hybridized carbons (Fsp3) is 0.176. The maximum Gasteiger partial charge on any atom is 0.336 e. The molecule has 0 aliphatic rings. The van der Waals surface area contributed by atoms with Crippen molar-refractivity contribution in [1.29, 1.82) is 0 Å². The Hall–Kier alpha value is -2.62. The van der Waals surface area contributed by atoms with Crippen LogP contribution in [0.15, 0.2) is 36.4 Å². The van der Waals surface area contributed by atoms with Gasteiger partial charge in [-0.2, -0.15) is 0 Å². The van der Waals surface area contributed by atoms with Gasteiger partial charge in [0.1, 0.15) is 0 Å². The van der Waals surface area contributed by atoms with Crippen molar-refractivity contribution in [1.82, 2.24) is 0 Å². The van der Waals surface area contributed by atoms with Crippen molar-refractivity contribution in [3.8, 4) is 11.1 Å². The smallest absolute Gasteiger partial charge is 0.336 e. The molecule has 2 rings (SSSR count). The Balaban J connectivity index is 2.91. The van der Waals surface area contributed by atoms with Crippen LogP contribution >= 0.6 is 0 Å². The van der Waals surface area contributed by atoms with Gasteiger partial charge in [-0.1, -0.05) is 37.3 Å². The summed E-state index contributed by atoms with van der Waals surface area (Å²) in [4.78, 5) is 23.1. The van der Waals surface area contributed by atoms with Gasteiger partial charge in [0, 0.05) is 5.56 Å². The zero-order chi connectivity index (χ0) is 15.6. The molecule has 0 aromatic heterocycles. The second kappa shape index (κ2) is 5.79. The number of hydrogen-bond acceptors (Lipinski definition) is 2. The molecule has 0 saturated heterocycles. The highest BCUT2D eigenvalue weighted by Gasteiger charge is 2.23. The SMILES string of the molecule is CCc1ccccc1-c1c(C(=O)O)ccc(C)c1C(=O)O. The average molecular weight is 284 g/mol. The van der Waals surface area contributed by atoms with E-state index in [-0.39, 0.29) is 16.7 Å². The van der Waals surface area contributed by atoms with Crippen LogP contribution < -0.4 is 0 Å². The molecule has 0 spiro atoms. The van der Waals surface area contributed by atoms with E-state index in [1.54, 1.807) is 19.1 Å². The van der Waals surface area contributed by atoms with Gasteiger partial charge in [0.25, 0.3) is 0 Å². The first-order valence-corrected chi connectivity index (χ1v) is 6.65. The van der Waals surface area contributed by atoms with E-state index in [4.69, 9.17) is 0 Å². The summed E-state index contributed by atoms with van der Waals surface area (Å²) in [5.74, 6) is -2.24. The van der Waals surface area contributed by atoms with Crippen LogP contribution in [0.2, 0.25) is 0 Å². The van der Waals surface area contributed by atoms with Gasteiger partial charge in [-0.25, -0.2) is 9.59 Å². The number of aromatic carboxylic acids is 2. The molecule has 0 bridgehead atoms. The predicted molar refractivity (Wildman–Crippen MR) is 79.9 cm³/mol. The second-order valence-electron chi connectivity index (χ2n) is 4.80. The van der Waals surface area contributed by atoms with E-state index in [0.29, 0.717) is 17.5 Å². The van der Waals surface area contributed by atoms with Crippen LogP contribution in [-0.2, 0) is 6.42 Å². The number of aryl methyl sites for hydroxylation is 2. The minimum atomic E-state index is -1.13. The Kier molecular flexibility index (Phi) is 4.08. The van der Waals surface area contributed by atoms with Gasteiger partial charge >= 0.3 is 11.9 Å². The highest BCUT2D eigenvalue weighted by molar-refractivity contribution is 6.06. The summed E-state index contributed by atoms with van der Waals surface area (Å²) in [5, 5.41) is 18.9. The van der Waals surface area contributed by atoms with Crippen molar-refractivity contribution in [3.05, 3.63) is 58.7 Å². The predicted octanol–water partition coefficient (Wildman–Crippen LogP) is 3.62. The van der Waals surface area contributed by atoms with Crippen LogP contribution in [0, 0.1) is 6.92 Å². The van der Waals surface area contributed by atoms with E-state index < -0.39 is 11.9 Å². The molecule has 0 fully saturated rings. The van der Waals surface area contributed by atoms with Crippen molar-refractivity contribution in [3.63, 3.8) is 0 Å². The molecule has 21 heavy (non-hydrogen) atoms. The fourth-order valence-electron chi connectivity index (χ4n) is 2.51. The molecule has 4 nitrogen and oxygen atoms in total. The molecule has 2 aromatic rings. The van der Waals surface area contributed by atoms with Gasteiger partial charge in [-0.3, -0.25) is 0 Å². The zero-order valence-electron chi connectivity index (χ0n) is 11.9. The molecule has 0 atom stereocenters. The monoisotopic (exact) mass is 284 g/mol. The standard InChI is InChI=1S/C17H16O4/c1-3-11-6-4-5-7-12(11)15-13(16(18)19)9-8-10(2)14(15)17(20)21/h4-9H,3H2,1-2H3,(H,18,19)(H,20,21). The van der Waals surface area contributed by atoms with Crippen LogP contribution in [0.1, 0.15) is 38.8 Å². The second-order valence-corrected chi connectivity index (χ2v) is 4.80. The summed E-state index contributed by atoms with van der Waals surface area (Å²) in [6.45, 7) is 3.63. The molecule has 0 heterocycles. The summed E-state index contributed by atoms with van der Waals surface area (Å²) in [7, 11) is 0. The fourth-order valence-corrected chi connectivity index (χ4v) is 2.51. The molecule has 0 amide bonds. The Morgan fingerprint density at radius 1 is 1.00 bits per heavy atom. The molecule has 0 unspecified atom stereocenters. The van der Waals surface area contributed by atoms with Crippen molar-refractivity contribution in [2.45, 2.75) is 20.3 Å². The summed E-state index contributed by atoms with van der Waals surface area (Å²) < 4.78 is 0. The third-order valence-corrected chi connectivity index (χ3v) is 3.53. The number of rotatable bonds is 4. The van der Waals surface area contributed by atoms with E-state index in [1.165, 1.54) is 12.1 Å². The van der Waals surface area contributed by atoms with Gasteiger partial charge in [0.05, 0.1) is 11.1 Å². The maximum atomic E-state index is 11.6. The molecule has 0 radical (unpaired) electrons. The largest absolute Gasteiger partial charge is 0.478 e. The number of carboxylic acid groups (broad SMARTS) is 2. The lowest BCUT2D eigenvalue weighted by Gasteiger charge is -2.15. The molecule has 108 valence electrons. The quantitative estimate of drug-likeness (QED) is 0.899. The first kappa shape index (κ1) is 14.8. The Morgan fingerprint density at radius 3 is 2.24 bits per heavy atom. The van der Waals surface area contributed by atoms with E-state index in [9.17, 15) is 19.8 Å². The number of hydrogen-bond donors (Lipinski definition) is 2. The van der Waals surface area contributed by atoms with Crippen LogP contribution in [0.3, 0.4) is 0 Å². The Bertz CT molecular complexity index is 717. The Labute approximate surface area is 122 Å². The number of carboxylic acids is 2. The summed E-state index contributed by atoms with van der Waals surface area (Å²) in [6.07, 6.45) is 0.697. The first-order chi connectivity index (χ1) is 9.97. The van der Waals surface area contributed by atoms with Crippen molar-refractivity contribution in [2.24, 2.45) is 0 Å². The summed E-state index contributed by atoms with van der Waals surface area (Å²) in [5.41, 5.74) is 2.49. The summed E-state index contributed by atoms with van der Waals surface area (Å²) >= 11 is 0. The lowest BCUT2D eigenvalue weighted by molar-refractivity contribution is 0.0695. The number of carbonyl (C=O) groups is 2. The van der Waals surface area contributed by atoms with Crippen LogP contribution in [0.25, 0.3) is 11.1 Å². The van der Waals surface area contributed by atoms with E-state index in [1.807, 2.05) is 19.1 Å². The molecule has 0 aliphatic carbocycles. The highest BCUT2D eigenvalue weighted by atomic mass is 16.4. The summed E-state index contributed by atoms with van der Waals surface area (Å²) in [6, 6.07) is 10.3. The van der Waals surface area contributed by atoms with Crippen molar-refractivity contribution < 1.29 is 19.8 Å². The Morgan fingerprint density at radius 2 is 1.67 bits per heavy atom. The minimum absolute atomic E-state index is 0.0129. The van der Waals surface area contributed by atoms with Crippen molar-refractivity contribution >= 4 is 11.9 Å². The number of benzene rings is 2. The van der Waals surface area contributed by atoms with Crippen LogP contribution in [-0.4, -0.2) is 22.2 Å². The highest BCUT2D eigenvalue weighted by Crippen LogP contribution is 2.33. The van der Waals surface area contributed by atoms with E-state index in [2.05, 4.69) is 0 Å². The third kappa shape index (κ3) is 2.65. The third-order valence-electron chi connectivity index (χ3n) is 3.53. The molecule has 2 N–H and O–H groups in total.